The van der Waals surface area contributed by atoms with E-state index in [-0.39, 0.29) is 4.90 Å². The maximum Gasteiger partial charge on any atom is 0.264 e. The van der Waals surface area contributed by atoms with Gasteiger partial charge in [0, 0.05) is 22.6 Å². The molecule has 4 rings (SSSR count). The lowest BCUT2D eigenvalue weighted by Gasteiger charge is -2.24. The van der Waals surface area contributed by atoms with Crippen LogP contribution < -0.4 is 14.5 Å². The van der Waals surface area contributed by atoms with Crippen LogP contribution in [-0.4, -0.2) is 38.3 Å². The molecule has 0 fully saturated rings. The summed E-state index contributed by atoms with van der Waals surface area (Å²) >= 11 is 0. The number of sulfonamides is 1. The molecule has 0 spiro atoms. The van der Waals surface area contributed by atoms with Crippen molar-refractivity contribution in [3.05, 3.63) is 106 Å². The summed E-state index contributed by atoms with van der Waals surface area (Å²) in [5, 5.41) is 4.15. The van der Waals surface area contributed by atoms with Gasteiger partial charge in [-0.15, -0.1) is 0 Å². The van der Waals surface area contributed by atoms with E-state index in [1.165, 1.54) is 23.3 Å². The molecule has 0 saturated heterocycles. The lowest BCUT2D eigenvalue weighted by atomic mass is 10.1. The van der Waals surface area contributed by atoms with Gasteiger partial charge in [0.25, 0.3) is 15.9 Å². The number of hydrogen-bond acceptors (Lipinski definition) is 5. The van der Waals surface area contributed by atoms with Gasteiger partial charge < -0.3 is 9.30 Å². The Kier molecular flexibility index (Phi) is 8.98. The maximum atomic E-state index is 13.6. The average Bonchev–Trinajstić information content (AvgIpc) is 3.22. The number of anilines is 1. The maximum absolute atomic E-state index is 13.6. The first-order chi connectivity index (χ1) is 19.5. The molecule has 9 heteroatoms. The van der Waals surface area contributed by atoms with E-state index in [0.29, 0.717) is 18.0 Å². The fourth-order valence-corrected chi connectivity index (χ4v) is 5.97. The highest BCUT2D eigenvalue weighted by Crippen LogP contribution is 2.26. The first-order valence-electron chi connectivity index (χ1n) is 13.4. The van der Waals surface area contributed by atoms with E-state index in [9.17, 15) is 13.2 Å². The number of hydrazone groups is 1. The third-order valence-corrected chi connectivity index (χ3v) is 8.73. The van der Waals surface area contributed by atoms with E-state index in [4.69, 9.17) is 4.74 Å². The zero-order chi connectivity index (χ0) is 29.7. The minimum atomic E-state index is -4.06. The highest BCUT2D eigenvalue weighted by atomic mass is 32.2. The Morgan fingerprint density at radius 3 is 2.24 bits per heavy atom. The molecule has 0 atom stereocenters. The molecule has 8 nitrogen and oxygen atoms in total. The van der Waals surface area contributed by atoms with Crippen molar-refractivity contribution in [2.45, 2.75) is 46.4 Å². The average molecular weight is 573 g/mol. The molecular weight excluding hydrogens is 536 g/mol. The number of nitrogens with zero attached hydrogens (tertiary/aromatic N) is 3. The van der Waals surface area contributed by atoms with Gasteiger partial charge in [0.2, 0.25) is 0 Å². The minimum absolute atomic E-state index is 0.0524. The van der Waals surface area contributed by atoms with Crippen LogP contribution in [0, 0.1) is 34.6 Å². The monoisotopic (exact) mass is 572 g/mol. The molecular formula is C32H36N4O4S. The Balaban J connectivity index is 1.55. The number of carbonyl (C=O) groups excluding carboxylic acids is 1. The molecule has 4 aromatic rings. The van der Waals surface area contributed by atoms with Crippen molar-refractivity contribution in [1.82, 2.24) is 9.99 Å². The Bertz CT molecular complexity index is 1670. The number of carbonyl (C=O) groups is 1. The SMILES string of the molecule is CCOc1ccc(S(=O)(=O)N(CC(=O)N/N=C/c2cc(C)n(-c3ccc(C)c(C)c3)c2C)c2ccc(C)cc2)cc1. The molecule has 0 aliphatic heterocycles. The van der Waals surface area contributed by atoms with Gasteiger partial charge >= 0.3 is 0 Å². The van der Waals surface area contributed by atoms with Crippen molar-refractivity contribution in [3.8, 4) is 11.4 Å². The number of nitrogens with one attached hydrogen (secondary N) is 1. The molecule has 1 amide bonds. The third kappa shape index (κ3) is 6.69. The Morgan fingerprint density at radius 2 is 1.61 bits per heavy atom. The highest BCUT2D eigenvalue weighted by molar-refractivity contribution is 7.92. The number of aryl methyl sites for hydroxylation is 4. The summed E-state index contributed by atoms with van der Waals surface area (Å²) in [6.07, 6.45) is 1.58. The summed E-state index contributed by atoms with van der Waals surface area (Å²) < 4.78 is 36.0. The normalized spacial score (nSPS) is 11.6. The summed E-state index contributed by atoms with van der Waals surface area (Å²) in [4.78, 5) is 13.0. The van der Waals surface area contributed by atoms with Gasteiger partial charge in [-0.3, -0.25) is 9.10 Å². The smallest absolute Gasteiger partial charge is 0.264 e. The lowest BCUT2D eigenvalue weighted by molar-refractivity contribution is -0.119. The number of rotatable bonds is 10. The molecule has 0 radical (unpaired) electrons. The number of hydrogen-bond donors (Lipinski definition) is 1. The van der Waals surface area contributed by atoms with E-state index in [2.05, 4.69) is 47.1 Å². The van der Waals surface area contributed by atoms with Gasteiger partial charge in [-0.1, -0.05) is 23.8 Å². The molecule has 3 aromatic carbocycles. The van der Waals surface area contributed by atoms with Crippen LogP contribution >= 0.6 is 0 Å². The van der Waals surface area contributed by atoms with Gasteiger partial charge in [0.05, 0.1) is 23.4 Å². The van der Waals surface area contributed by atoms with Crippen LogP contribution in [0.5, 0.6) is 5.75 Å². The summed E-state index contributed by atoms with van der Waals surface area (Å²) in [5.41, 5.74) is 10.2. The van der Waals surface area contributed by atoms with Crippen molar-refractivity contribution >= 4 is 27.8 Å². The van der Waals surface area contributed by atoms with Crippen LogP contribution in [0.2, 0.25) is 0 Å². The van der Waals surface area contributed by atoms with Crippen LogP contribution in [0.3, 0.4) is 0 Å². The van der Waals surface area contributed by atoms with Crippen LogP contribution in [-0.2, 0) is 14.8 Å². The quantitative estimate of drug-likeness (QED) is 0.193. The standard InChI is InChI=1S/C32H36N4O4S/c1-7-40-30-14-16-31(17-15-30)41(38,39)35(28-11-8-22(2)9-12-28)21-32(37)34-33-20-27-19-25(5)36(26(27)6)29-13-10-23(3)24(4)18-29/h8-20H,7,21H2,1-6H3,(H,34,37)/b33-20+. The van der Waals surface area contributed by atoms with E-state index in [0.717, 1.165) is 32.5 Å². The van der Waals surface area contributed by atoms with Crippen molar-refractivity contribution in [2.75, 3.05) is 17.5 Å². The fourth-order valence-electron chi connectivity index (χ4n) is 4.55. The molecule has 41 heavy (non-hydrogen) atoms. The summed E-state index contributed by atoms with van der Waals surface area (Å²) in [6, 6.07) is 21.4. The minimum Gasteiger partial charge on any atom is -0.494 e. The fraction of sp³-hybridized carbons (Fsp3) is 0.250. The van der Waals surface area contributed by atoms with Crippen molar-refractivity contribution in [2.24, 2.45) is 5.10 Å². The van der Waals surface area contributed by atoms with Gasteiger partial charge in [-0.2, -0.15) is 5.10 Å². The predicted octanol–water partition coefficient (Wildman–Crippen LogP) is 5.76. The molecule has 0 aliphatic rings. The van der Waals surface area contributed by atoms with Gasteiger partial charge in [-0.05, 0) is 107 Å². The second-order valence-electron chi connectivity index (χ2n) is 9.98. The molecule has 1 heterocycles. The van der Waals surface area contributed by atoms with Crippen LogP contribution in [0.1, 0.15) is 40.6 Å². The van der Waals surface area contributed by atoms with E-state index in [1.54, 1.807) is 42.6 Å². The van der Waals surface area contributed by atoms with Crippen LogP contribution in [0.15, 0.2) is 82.8 Å². The largest absolute Gasteiger partial charge is 0.494 e. The van der Waals surface area contributed by atoms with E-state index in [1.807, 2.05) is 33.8 Å². The van der Waals surface area contributed by atoms with Gasteiger partial charge in [0.1, 0.15) is 12.3 Å². The second-order valence-corrected chi connectivity index (χ2v) is 11.8. The zero-order valence-corrected chi connectivity index (χ0v) is 25.1. The molecule has 0 aliphatic carbocycles. The first kappa shape index (κ1) is 29.6. The number of aromatic nitrogens is 1. The van der Waals surface area contributed by atoms with Gasteiger partial charge in [0.15, 0.2) is 0 Å². The predicted molar refractivity (Wildman–Crippen MR) is 164 cm³/mol. The number of amides is 1. The topological polar surface area (TPSA) is 93.0 Å². The highest BCUT2D eigenvalue weighted by Gasteiger charge is 2.27. The summed E-state index contributed by atoms with van der Waals surface area (Å²) in [6.45, 7) is 12.0. The molecule has 214 valence electrons. The molecule has 0 bridgehead atoms. The van der Waals surface area contributed by atoms with E-state index < -0.39 is 22.5 Å². The number of ether oxygens (including phenoxy) is 1. The summed E-state index contributed by atoms with van der Waals surface area (Å²) in [7, 11) is -4.06. The lowest BCUT2D eigenvalue weighted by Crippen LogP contribution is -2.39. The zero-order valence-electron chi connectivity index (χ0n) is 24.3. The Labute approximate surface area is 242 Å². The Morgan fingerprint density at radius 1 is 0.927 bits per heavy atom. The van der Waals surface area contributed by atoms with Crippen molar-refractivity contribution in [1.29, 1.82) is 0 Å². The Hall–Kier alpha value is -4.37. The first-order valence-corrected chi connectivity index (χ1v) is 14.9. The van der Waals surface area contributed by atoms with Crippen LogP contribution in [0.4, 0.5) is 5.69 Å². The molecule has 0 unspecified atom stereocenters. The third-order valence-electron chi connectivity index (χ3n) is 6.94. The second kappa shape index (κ2) is 12.4. The van der Waals surface area contributed by atoms with Gasteiger partial charge in [-0.25, -0.2) is 13.8 Å². The molecule has 1 aromatic heterocycles. The van der Waals surface area contributed by atoms with Crippen LogP contribution in [0.25, 0.3) is 5.69 Å². The molecule has 0 saturated carbocycles. The van der Waals surface area contributed by atoms with Crippen molar-refractivity contribution in [3.63, 3.8) is 0 Å². The summed E-state index contributed by atoms with van der Waals surface area (Å²) in [5.74, 6) is -0.00315. The van der Waals surface area contributed by atoms with Crippen molar-refractivity contribution < 1.29 is 17.9 Å². The molecule has 1 N–H and O–H groups in total. The van der Waals surface area contributed by atoms with E-state index >= 15 is 0 Å². The number of benzene rings is 3.